The summed E-state index contributed by atoms with van der Waals surface area (Å²) in [6.07, 6.45) is 2.26. The molecule has 0 aliphatic carbocycles. The number of carbonyl (C=O) groups is 1. The molecule has 0 aliphatic rings. The first-order chi connectivity index (χ1) is 9.69. The van der Waals surface area contributed by atoms with E-state index in [9.17, 15) is 4.79 Å². The van der Waals surface area contributed by atoms with Crippen molar-refractivity contribution in [2.24, 2.45) is 4.99 Å². The second-order valence-corrected chi connectivity index (χ2v) is 5.16. The van der Waals surface area contributed by atoms with Crippen LogP contribution in [-0.4, -0.2) is 43.5 Å². The SMILES string of the molecule is CCCCNC(=NC)NCCNC(=O)c1scnc1C. The van der Waals surface area contributed by atoms with Gasteiger partial charge >= 0.3 is 0 Å². The zero-order valence-corrected chi connectivity index (χ0v) is 13.1. The number of rotatable bonds is 7. The largest absolute Gasteiger partial charge is 0.356 e. The lowest BCUT2D eigenvalue weighted by atomic mass is 10.3. The molecule has 1 aromatic heterocycles. The molecule has 112 valence electrons. The summed E-state index contributed by atoms with van der Waals surface area (Å²) < 4.78 is 0. The minimum atomic E-state index is -0.0688. The highest BCUT2D eigenvalue weighted by Gasteiger charge is 2.10. The molecule has 0 saturated carbocycles. The Balaban J connectivity index is 2.21. The highest BCUT2D eigenvalue weighted by atomic mass is 32.1. The lowest BCUT2D eigenvalue weighted by Crippen LogP contribution is -2.41. The molecule has 1 aromatic rings. The number of unbranched alkanes of at least 4 members (excludes halogenated alkanes) is 1. The monoisotopic (exact) mass is 297 g/mol. The van der Waals surface area contributed by atoms with Gasteiger partial charge in [-0.25, -0.2) is 4.98 Å². The van der Waals surface area contributed by atoms with E-state index in [1.807, 2.05) is 6.92 Å². The molecule has 0 aromatic carbocycles. The summed E-state index contributed by atoms with van der Waals surface area (Å²) in [5, 5.41) is 9.23. The van der Waals surface area contributed by atoms with Gasteiger partial charge in [0, 0.05) is 26.7 Å². The number of aliphatic imine (C=N–C) groups is 1. The van der Waals surface area contributed by atoms with Crippen LogP contribution in [0, 0.1) is 6.92 Å². The van der Waals surface area contributed by atoms with Gasteiger partial charge in [-0.15, -0.1) is 11.3 Å². The van der Waals surface area contributed by atoms with Crippen LogP contribution in [0.3, 0.4) is 0 Å². The average Bonchev–Trinajstić information content (AvgIpc) is 2.87. The van der Waals surface area contributed by atoms with Gasteiger partial charge in [0.2, 0.25) is 0 Å². The van der Waals surface area contributed by atoms with Crippen molar-refractivity contribution in [2.75, 3.05) is 26.7 Å². The van der Waals surface area contributed by atoms with Gasteiger partial charge in [-0.2, -0.15) is 0 Å². The van der Waals surface area contributed by atoms with Gasteiger partial charge in [0.05, 0.1) is 11.2 Å². The van der Waals surface area contributed by atoms with Crippen LogP contribution < -0.4 is 16.0 Å². The van der Waals surface area contributed by atoms with E-state index in [4.69, 9.17) is 0 Å². The molecular formula is C13H23N5OS. The number of guanidine groups is 1. The molecule has 0 saturated heterocycles. The Morgan fingerprint density at radius 1 is 1.30 bits per heavy atom. The normalized spacial score (nSPS) is 11.2. The van der Waals surface area contributed by atoms with Crippen molar-refractivity contribution in [2.45, 2.75) is 26.7 Å². The maximum absolute atomic E-state index is 11.8. The molecule has 6 nitrogen and oxygen atoms in total. The topological polar surface area (TPSA) is 78.4 Å². The van der Waals surface area contributed by atoms with Gasteiger partial charge < -0.3 is 16.0 Å². The second kappa shape index (κ2) is 9.30. The first kappa shape index (κ1) is 16.4. The number of amides is 1. The predicted molar refractivity (Wildman–Crippen MR) is 83.5 cm³/mol. The second-order valence-electron chi connectivity index (χ2n) is 4.30. The average molecular weight is 297 g/mol. The van der Waals surface area contributed by atoms with E-state index >= 15 is 0 Å². The van der Waals surface area contributed by atoms with E-state index in [0.29, 0.717) is 18.0 Å². The number of aromatic nitrogens is 1. The maximum Gasteiger partial charge on any atom is 0.263 e. The molecule has 0 atom stereocenters. The van der Waals surface area contributed by atoms with E-state index in [1.54, 1.807) is 12.6 Å². The van der Waals surface area contributed by atoms with Crippen molar-refractivity contribution < 1.29 is 4.79 Å². The number of hydrogen-bond donors (Lipinski definition) is 3. The number of carbonyl (C=O) groups excluding carboxylic acids is 1. The molecule has 0 bridgehead atoms. The molecule has 1 rings (SSSR count). The maximum atomic E-state index is 11.8. The first-order valence-corrected chi connectivity index (χ1v) is 7.69. The molecule has 1 amide bonds. The Bertz CT molecular complexity index is 444. The van der Waals surface area contributed by atoms with Gasteiger partial charge in [0.1, 0.15) is 4.88 Å². The molecule has 20 heavy (non-hydrogen) atoms. The van der Waals surface area contributed by atoms with E-state index in [1.165, 1.54) is 11.3 Å². The van der Waals surface area contributed by atoms with Gasteiger partial charge in [-0.1, -0.05) is 13.3 Å². The third-order valence-electron chi connectivity index (χ3n) is 2.70. The molecule has 0 spiro atoms. The lowest BCUT2D eigenvalue weighted by Gasteiger charge is -2.11. The van der Waals surface area contributed by atoms with E-state index in [0.717, 1.165) is 31.0 Å². The number of aryl methyl sites for hydroxylation is 1. The fourth-order valence-electron chi connectivity index (χ4n) is 1.56. The first-order valence-electron chi connectivity index (χ1n) is 6.81. The number of thiazole rings is 1. The Morgan fingerprint density at radius 3 is 2.60 bits per heavy atom. The molecule has 1 heterocycles. The smallest absolute Gasteiger partial charge is 0.263 e. The standard InChI is InChI=1S/C13H23N5OS/c1-4-5-6-16-13(14-3)17-8-7-15-12(19)11-10(2)18-9-20-11/h9H,4-8H2,1-3H3,(H,15,19)(H2,14,16,17). The Morgan fingerprint density at radius 2 is 2.00 bits per heavy atom. The van der Waals surface area contributed by atoms with Crippen LogP contribution in [0.25, 0.3) is 0 Å². The Kier molecular flexibility index (Phi) is 7.64. The van der Waals surface area contributed by atoms with Crippen LogP contribution in [-0.2, 0) is 0 Å². The van der Waals surface area contributed by atoms with Crippen LogP contribution in [0.4, 0.5) is 0 Å². The van der Waals surface area contributed by atoms with Crippen LogP contribution in [0.5, 0.6) is 0 Å². The summed E-state index contributed by atoms with van der Waals surface area (Å²) in [7, 11) is 1.74. The van der Waals surface area contributed by atoms with Crippen LogP contribution in [0.1, 0.15) is 35.1 Å². The number of hydrogen-bond acceptors (Lipinski definition) is 4. The summed E-state index contributed by atoms with van der Waals surface area (Å²) in [5.41, 5.74) is 2.46. The molecule has 0 radical (unpaired) electrons. The summed E-state index contributed by atoms with van der Waals surface area (Å²) >= 11 is 1.36. The molecular weight excluding hydrogens is 274 g/mol. The van der Waals surface area contributed by atoms with Crippen molar-refractivity contribution in [3.63, 3.8) is 0 Å². The van der Waals surface area contributed by atoms with Crippen molar-refractivity contribution in [1.82, 2.24) is 20.9 Å². The van der Waals surface area contributed by atoms with Gasteiger partial charge in [0.25, 0.3) is 5.91 Å². The van der Waals surface area contributed by atoms with Crippen molar-refractivity contribution in [3.05, 3.63) is 16.1 Å². The number of nitrogens with zero attached hydrogens (tertiary/aromatic N) is 2. The van der Waals surface area contributed by atoms with E-state index in [2.05, 4.69) is 32.9 Å². The van der Waals surface area contributed by atoms with Crippen molar-refractivity contribution in [3.8, 4) is 0 Å². The molecule has 7 heteroatoms. The quantitative estimate of drug-likeness (QED) is 0.401. The Hall–Kier alpha value is -1.63. The molecule has 0 aliphatic heterocycles. The molecule has 0 fully saturated rings. The fourth-order valence-corrected chi connectivity index (χ4v) is 2.28. The van der Waals surface area contributed by atoms with Crippen LogP contribution in [0.2, 0.25) is 0 Å². The van der Waals surface area contributed by atoms with Gasteiger partial charge in [-0.05, 0) is 13.3 Å². The fraction of sp³-hybridized carbons (Fsp3) is 0.615. The third kappa shape index (κ3) is 5.56. The summed E-state index contributed by atoms with van der Waals surface area (Å²) in [6, 6.07) is 0. The highest BCUT2D eigenvalue weighted by molar-refractivity contribution is 7.11. The highest BCUT2D eigenvalue weighted by Crippen LogP contribution is 2.10. The zero-order valence-electron chi connectivity index (χ0n) is 12.3. The van der Waals surface area contributed by atoms with Crippen molar-refractivity contribution in [1.29, 1.82) is 0 Å². The Labute approximate surface area is 124 Å². The molecule has 3 N–H and O–H groups in total. The summed E-state index contributed by atoms with van der Waals surface area (Å²) in [5.74, 6) is 0.697. The van der Waals surface area contributed by atoms with Gasteiger partial charge in [-0.3, -0.25) is 9.79 Å². The minimum absolute atomic E-state index is 0.0688. The molecule has 0 unspecified atom stereocenters. The van der Waals surface area contributed by atoms with E-state index < -0.39 is 0 Å². The minimum Gasteiger partial charge on any atom is -0.356 e. The van der Waals surface area contributed by atoms with Gasteiger partial charge in [0.15, 0.2) is 5.96 Å². The summed E-state index contributed by atoms with van der Waals surface area (Å²) in [6.45, 7) is 6.07. The predicted octanol–water partition coefficient (Wildman–Crippen LogP) is 1.15. The number of nitrogens with one attached hydrogen (secondary N) is 3. The zero-order chi connectivity index (χ0) is 14.8. The van der Waals surface area contributed by atoms with Crippen LogP contribution >= 0.6 is 11.3 Å². The van der Waals surface area contributed by atoms with Crippen LogP contribution in [0.15, 0.2) is 10.5 Å². The summed E-state index contributed by atoms with van der Waals surface area (Å²) in [4.78, 5) is 20.7. The van der Waals surface area contributed by atoms with E-state index in [-0.39, 0.29) is 5.91 Å². The third-order valence-corrected chi connectivity index (χ3v) is 3.63. The lowest BCUT2D eigenvalue weighted by molar-refractivity contribution is 0.0957. The van der Waals surface area contributed by atoms with Crippen molar-refractivity contribution >= 4 is 23.2 Å².